The van der Waals surface area contributed by atoms with Gasteiger partial charge in [0, 0.05) is 5.69 Å². The first kappa shape index (κ1) is 31.9. The Bertz CT molecular complexity index is 2070. The van der Waals surface area contributed by atoms with Gasteiger partial charge in [0.15, 0.2) is 0 Å². The fourth-order valence-corrected chi connectivity index (χ4v) is 6.83. The van der Waals surface area contributed by atoms with Gasteiger partial charge in [0.25, 0.3) is 20.0 Å². The van der Waals surface area contributed by atoms with Crippen LogP contribution in [-0.2, 0) is 20.0 Å². The molecule has 0 radical (unpaired) electrons. The molecule has 5 rings (SSSR count). The molecule has 46 heavy (non-hydrogen) atoms. The monoisotopic (exact) mass is 654 g/mol. The molecule has 0 aromatic heterocycles. The molecule has 0 aliphatic carbocycles. The SMILES string of the molecule is Cc1ccc(S(=O)(=O)NC(=O)Nc2cccc(N(C(=O)N(c3ccccc3)S(=O)(=O)c3ccc(C)cc3)c3ccccc3)c2)cc1. The molecule has 12 heteroatoms. The Morgan fingerprint density at radius 2 is 1.07 bits per heavy atom. The van der Waals surface area contributed by atoms with E-state index in [4.69, 9.17) is 0 Å². The number of anilines is 4. The minimum atomic E-state index is -4.41. The molecule has 0 heterocycles. The van der Waals surface area contributed by atoms with Crippen LogP contribution in [-0.4, -0.2) is 28.9 Å². The molecule has 0 bridgehead atoms. The van der Waals surface area contributed by atoms with E-state index in [0.717, 1.165) is 15.4 Å². The Hall–Kier alpha value is -5.46. The van der Waals surface area contributed by atoms with Gasteiger partial charge in [-0.25, -0.2) is 31.1 Å². The van der Waals surface area contributed by atoms with Crippen molar-refractivity contribution in [2.75, 3.05) is 14.5 Å². The molecule has 0 fully saturated rings. The second kappa shape index (κ2) is 13.3. The molecular formula is C34H30N4O6S2. The van der Waals surface area contributed by atoms with E-state index in [2.05, 4.69) is 5.32 Å². The van der Waals surface area contributed by atoms with Gasteiger partial charge in [-0.2, -0.15) is 4.31 Å². The number of sulfonamides is 2. The molecule has 0 saturated heterocycles. The number of urea groups is 2. The fraction of sp³-hybridized carbons (Fsp3) is 0.0588. The highest BCUT2D eigenvalue weighted by atomic mass is 32.2. The van der Waals surface area contributed by atoms with E-state index in [1.807, 2.05) is 18.6 Å². The molecule has 0 spiro atoms. The van der Waals surface area contributed by atoms with Crippen LogP contribution in [0.25, 0.3) is 0 Å². The normalized spacial score (nSPS) is 11.3. The zero-order chi connectivity index (χ0) is 32.9. The molecule has 0 aliphatic heterocycles. The summed E-state index contributed by atoms with van der Waals surface area (Å²) in [5.74, 6) is 0. The van der Waals surface area contributed by atoms with Crippen molar-refractivity contribution >= 4 is 54.9 Å². The lowest BCUT2D eigenvalue weighted by atomic mass is 10.2. The van der Waals surface area contributed by atoms with Crippen LogP contribution >= 0.6 is 0 Å². The number of benzene rings is 5. The highest BCUT2D eigenvalue weighted by molar-refractivity contribution is 7.93. The minimum Gasteiger partial charge on any atom is -0.307 e. The molecule has 0 atom stereocenters. The van der Waals surface area contributed by atoms with Crippen LogP contribution in [0.3, 0.4) is 0 Å². The third kappa shape index (κ3) is 7.09. The maximum Gasteiger partial charge on any atom is 0.347 e. The van der Waals surface area contributed by atoms with E-state index in [-0.39, 0.29) is 26.9 Å². The fourth-order valence-electron chi connectivity index (χ4n) is 4.55. The highest BCUT2D eigenvalue weighted by Gasteiger charge is 2.36. The van der Waals surface area contributed by atoms with Crippen molar-refractivity contribution in [3.63, 3.8) is 0 Å². The van der Waals surface area contributed by atoms with E-state index in [1.54, 1.807) is 84.9 Å². The third-order valence-corrected chi connectivity index (χ3v) is 9.91. The summed E-state index contributed by atoms with van der Waals surface area (Å²) in [4.78, 5) is 28.4. The molecule has 10 nitrogen and oxygen atoms in total. The van der Waals surface area contributed by atoms with Gasteiger partial charge in [-0.05, 0) is 80.6 Å². The van der Waals surface area contributed by atoms with E-state index < -0.39 is 32.1 Å². The largest absolute Gasteiger partial charge is 0.347 e. The summed E-state index contributed by atoms with van der Waals surface area (Å²) in [7, 11) is -8.58. The molecule has 0 saturated carbocycles. The summed E-state index contributed by atoms with van der Waals surface area (Å²) >= 11 is 0. The molecule has 5 aromatic carbocycles. The molecular weight excluding hydrogens is 625 g/mol. The molecule has 5 aromatic rings. The lowest BCUT2D eigenvalue weighted by Gasteiger charge is -2.30. The number of aryl methyl sites for hydroxylation is 2. The van der Waals surface area contributed by atoms with Gasteiger partial charge >= 0.3 is 12.1 Å². The van der Waals surface area contributed by atoms with Crippen molar-refractivity contribution in [1.29, 1.82) is 0 Å². The average Bonchev–Trinajstić information content (AvgIpc) is 3.02. The van der Waals surface area contributed by atoms with Crippen LogP contribution in [0.15, 0.2) is 143 Å². The van der Waals surface area contributed by atoms with Crippen LogP contribution in [0.2, 0.25) is 0 Å². The summed E-state index contributed by atoms with van der Waals surface area (Å²) in [6.45, 7) is 3.64. The minimum absolute atomic E-state index is 0.0785. The number of hydrogen-bond donors (Lipinski definition) is 2. The number of amides is 4. The van der Waals surface area contributed by atoms with Crippen LogP contribution < -0.4 is 19.2 Å². The Morgan fingerprint density at radius 3 is 1.63 bits per heavy atom. The summed E-state index contributed by atoms with van der Waals surface area (Å²) < 4.78 is 56.4. The summed E-state index contributed by atoms with van der Waals surface area (Å²) in [5, 5.41) is 2.49. The first-order chi connectivity index (χ1) is 22.0. The van der Waals surface area contributed by atoms with Crippen molar-refractivity contribution in [2.45, 2.75) is 23.6 Å². The van der Waals surface area contributed by atoms with Crippen LogP contribution in [0, 0.1) is 13.8 Å². The molecule has 2 N–H and O–H groups in total. The number of hydrogen-bond acceptors (Lipinski definition) is 6. The smallest absolute Gasteiger partial charge is 0.307 e. The lowest BCUT2D eigenvalue weighted by molar-refractivity contribution is 0.255. The number of nitrogens with zero attached hydrogens (tertiary/aromatic N) is 2. The highest BCUT2D eigenvalue weighted by Crippen LogP contribution is 2.33. The van der Waals surface area contributed by atoms with E-state index in [1.165, 1.54) is 53.4 Å². The number of carbonyl (C=O) groups is 2. The second-order valence-electron chi connectivity index (χ2n) is 10.3. The van der Waals surface area contributed by atoms with Crippen molar-refractivity contribution in [1.82, 2.24) is 4.72 Å². The molecule has 234 valence electrons. The summed E-state index contributed by atoms with van der Waals surface area (Å²) in [6, 6.07) is 32.7. The zero-order valence-corrected chi connectivity index (χ0v) is 26.5. The number of rotatable bonds is 8. The Labute approximate surface area is 268 Å². The summed E-state index contributed by atoms with van der Waals surface area (Å²) in [6.07, 6.45) is 0. The first-order valence-electron chi connectivity index (χ1n) is 14.0. The van der Waals surface area contributed by atoms with E-state index in [0.29, 0.717) is 5.69 Å². The topological polar surface area (TPSA) is 133 Å². The number of nitrogens with one attached hydrogen (secondary N) is 2. The van der Waals surface area contributed by atoms with E-state index in [9.17, 15) is 26.4 Å². The van der Waals surface area contributed by atoms with Crippen LogP contribution in [0.4, 0.5) is 32.3 Å². The predicted octanol–water partition coefficient (Wildman–Crippen LogP) is 6.97. The maximum atomic E-state index is 14.5. The third-order valence-electron chi connectivity index (χ3n) is 6.85. The number of para-hydroxylation sites is 2. The van der Waals surface area contributed by atoms with E-state index >= 15 is 0 Å². The van der Waals surface area contributed by atoms with Gasteiger partial charge in [0.05, 0.1) is 26.9 Å². The number of carbonyl (C=O) groups excluding carboxylic acids is 2. The Balaban J connectivity index is 1.52. The van der Waals surface area contributed by atoms with Gasteiger partial charge in [0.1, 0.15) is 0 Å². The quantitative estimate of drug-likeness (QED) is 0.186. The van der Waals surface area contributed by atoms with Gasteiger partial charge in [0.2, 0.25) is 0 Å². The maximum absolute atomic E-state index is 14.5. The van der Waals surface area contributed by atoms with Gasteiger partial charge in [-0.3, -0.25) is 4.90 Å². The first-order valence-corrected chi connectivity index (χ1v) is 16.9. The average molecular weight is 655 g/mol. The zero-order valence-electron chi connectivity index (χ0n) is 24.9. The predicted molar refractivity (Wildman–Crippen MR) is 178 cm³/mol. The van der Waals surface area contributed by atoms with Gasteiger partial charge < -0.3 is 5.32 Å². The lowest BCUT2D eigenvalue weighted by Crippen LogP contribution is -2.44. The van der Waals surface area contributed by atoms with Gasteiger partial charge in [-0.1, -0.05) is 77.9 Å². The Kier molecular flexibility index (Phi) is 9.21. The Morgan fingerprint density at radius 1 is 0.565 bits per heavy atom. The van der Waals surface area contributed by atoms with Crippen molar-refractivity contribution < 1.29 is 26.4 Å². The standard InChI is InChI=1S/C34H30N4O6S2/c1-25-16-20-31(21-17-25)45(41,42)36-33(39)35-27-10-9-15-30(24-27)37(28-11-5-3-6-12-28)34(40)38(29-13-7-4-8-14-29)46(43,44)32-22-18-26(2)19-23-32/h3-24H,1-2H3,(H2,35,36,39). The van der Waals surface area contributed by atoms with Crippen molar-refractivity contribution in [2.24, 2.45) is 0 Å². The van der Waals surface area contributed by atoms with Crippen LogP contribution in [0.5, 0.6) is 0 Å². The molecule has 0 unspecified atom stereocenters. The molecule has 0 aliphatic rings. The van der Waals surface area contributed by atoms with Crippen molar-refractivity contribution in [3.8, 4) is 0 Å². The second-order valence-corrected chi connectivity index (χ2v) is 13.8. The van der Waals surface area contributed by atoms with Gasteiger partial charge in [-0.15, -0.1) is 0 Å². The summed E-state index contributed by atoms with van der Waals surface area (Å²) in [5.41, 5.74) is 2.52. The van der Waals surface area contributed by atoms with Crippen LogP contribution in [0.1, 0.15) is 11.1 Å². The molecule has 4 amide bonds. The van der Waals surface area contributed by atoms with Crippen molar-refractivity contribution in [3.05, 3.63) is 145 Å².